The third kappa shape index (κ3) is 4.91. The highest BCUT2D eigenvalue weighted by Gasteiger charge is 2.16. The molecule has 0 aliphatic heterocycles. The number of nitrogens with two attached hydrogens (primary N) is 1. The summed E-state index contributed by atoms with van der Waals surface area (Å²) in [5, 5.41) is 6.21. The van der Waals surface area contributed by atoms with E-state index >= 15 is 0 Å². The smallest absolute Gasteiger partial charge is 0.226 e. The van der Waals surface area contributed by atoms with Gasteiger partial charge in [-0.05, 0) is 25.8 Å². The Morgan fingerprint density at radius 1 is 1.42 bits per heavy atom. The number of hydrogen-bond donors (Lipinski definition) is 2. The number of aromatic nitrogens is 1. The van der Waals surface area contributed by atoms with E-state index in [1.807, 2.05) is 5.38 Å². The van der Waals surface area contributed by atoms with Crippen molar-refractivity contribution in [3.8, 4) is 0 Å². The molecule has 106 valence electrons. The van der Waals surface area contributed by atoms with E-state index in [1.54, 1.807) is 11.3 Å². The van der Waals surface area contributed by atoms with Gasteiger partial charge in [-0.1, -0.05) is 19.3 Å². The van der Waals surface area contributed by atoms with Gasteiger partial charge in [0, 0.05) is 17.8 Å². The molecule has 0 bridgehead atoms. The van der Waals surface area contributed by atoms with Crippen LogP contribution >= 0.6 is 11.3 Å². The highest BCUT2D eigenvalue weighted by molar-refractivity contribution is 7.09. The average molecular weight is 281 g/mol. The van der Waals surface area contributed by atoms with Gasteiger partial charge in [0.2, 0.25) is 5.91 Å². The highest BCUT2D eigenvalue weighted by atomic mass is 32.1. The van der Waals surface area contributed by atoms with Gasteiger partial charge in [0.15, 0.2) is 0 Å². The predicted octanol–water partition coefficient (Wildman–Crippen LogP) is 2.03. The van der Waals surface area contributed by atoms with Gasteiger partial charge in [-0.3, -0.25) is 4.79 Å². The molecule has 1 saturated carbocycles. The van der Waals surface area contributed by atoms with Gasteiger partial charge < -0.3 is 11.1 Å². The maximum Gasteiger partial charge on any atom is 0.226 e. The lowest BCUT2D eigenvalue weighted by atomic mass is 9.95. The summed E-state index contributed by atoms with van der Waals surface area (Å²) in [7, 11) is 0. The van der Waals surface area contributed by atoms with Crippen molar-refractivity contribution >= 4 is 17.2 Å². The highest BCUT2D eigenvalue weighted by Crippen LogP contribution is 2.18. The van der Waals surface area contributed by atoms with Crippen LogP contribution in [-0.2, 0) is 17.6 Å². The second kappa shape index (κ2) is 7.60. The predicted molar refractivity (Wildman–Crippen MR) is 78.2 cm³/mol. The Balaban J connectivity index is 1.76. The molecule has 1 amide bonds. The zero-order valence-corrected chi connectivity index (χ0v) is 12.2. The molecular weight excluding hydrogens is 258 g/mol. The quantitative estimate of drug-likeness (QED) is 0.838. The van der Waals surface area contributed by atoms with Crippen LogP contribution in [0.15, 0.2) is 5.38 Å². The Morgan fingerprint density at radius 3 is 2.95 bits per heavy atom. The van der Waals surface area contributed by atoms with E-state index in [-0.39, 0.29) is 5.91 Å². The Morgan fingerprint density at radius 2 is 2.21 bits per heavy atom. The lowest BCUT2D eigenvalue weighted by Crippen LogP contribution is -2.37. The molecule has 1 fully saturated rings. The van der Waals surface area contributed by atoms with Crippen molar-refractivity contribution in [3.05, 3.63) is 16.1 Å². The molecule has 0 atom stereocenters. The monoisotopic (exact) mass is 281 g/mol. The minimum Gasteiger partial charge on any atom is -0.353 e. The first-order chi connectivity index (χ1) is 9.28. The number of hydrogen-bond acceptors (Lipinski definition) is 4. The number of amides is 1. The van der Waals surface area contributed by atoms with Crippen molar-refractivity contribution in [1.82, 2.24) is 10.3 Å². The van der Waals surface area contributed by atoms with Gasteiger partial charge in [0.05, 0.1) is 17.1 Å². The van der Waals surface area contributed by atoms with Gasteiger partial charge in [-0.15, -0.1) is 11.3 Å². The van der Waals surface area contributed by atoms with E-state index in [0.29, 0.717) is 19.0 Å². The van der Waals surface area contributed by atoms with Crippen LogP contribution in [0, 0.1) is 0 Å². The molecule has 0 radical (unpaired) electrons. The van der Waals surface area contributed by atoms with E-state index in [1.165, 1.54) is 19.3 Å². The Bertz CT molecular complexity index is 399. The fourth-order valence-electron chi connectivity index (χ4n) is 2.49. The Hall–Kier alpha value is -0.940. The van der Waals surface area contributed by atoms with Crippen LogP contribution in [0.4, 0.5) is 0 Å². The molecule has 0 unspecified atom stereocenters. The largest absolute Gasteiger partial charge is 0.353 e. The number of nitrogens with one attached hydrogen (secondary N) is 1. The minimum absolute atomic E-state index is 0.113. The van der Waals surface area contributed by atoms with Gasteiger partial charge >= 0.3 is 0 Å². The van der Waals surface area contributed by atoms with Crippen molar-refractivity contribution in [2.24, 2.45) is 5.73 Å². The first-order valence-electron chi connectivity index (χ1n) is 7.20. The summed E-state index contributed by atoms with van der Waals surface area (Å²) in [5.41, 5.74) is 6.37. The maximum absolute atomic E-state index is 11.9. The molecule has 1 aromatic heterocycles. The van der Waals surface area contributed by atoms with Crippen LogP contribution in [0.1, 0.15) is 49.2 Å². The van der Waals surface area contributed by atoms with Crippen LogP contribution in [0.25, 0.3) is 0 Å². The summed E-state index contributed by atoms with van der Waals surface area (Å²) in [6.45, 7) is 0.692. The lowest BCUT2D eigenvalue weighted by Gasteiger charge is -2.22. The summed E-state index contributed by atoms with van der Waals surface area (Å²) < 4.78 is 0. The first-order valence-corrected chi connectivity index (χ1v) is 8.08. The van der Waals surface area contributed by atoms with Crippen molar-refractivity contribution in [2.75, 3.05) is 6.54 Å². The van der Waals surface area contributed by atoms with Gasteiger partial charge in [0.25, 0.3) is 0 Å². The summed E-state index contributed by atoms with van der Waals surface area (Å²) >= 11 is 1.63. The van der Waals surface area contributed by atoms with Gasteiger partial charge in [0.1, 0.15) is 0 Å². The summed E-state index contributed by atoms with van der Waals surface area (Å²) in [4.78, 5) is 16.4. The SMILES string of the molecule is NCCCc1nc(CC(=O)NC2CCCCC2)cs1. The molecule has 19 heavy (non-hydrogen) atoms. The molecule has 1 aliphatic carbocycles. The molecule has 2 rings (SSSR count). The number of carbonyl (C=O) groups is 1. The maximum atomic E-state index is 11.9. The van der Waals surface area contributed by atoms with Crippen LogP contribution < -0.4 is 11.1 Å². The fourth-order valence-corrected chi connectivity index (χ4v) is 3.33. The van der Waals surface area contributed by atoms with E-state index in [2.05, 4.69) is 10.3 Å². The Labute approximate surface area is 118 Å². The number of nitrogens with zero attached hydrogens (tertiary/aromatic N) is 1. The second-order valence-corrected chi connectivity index (χ2v) is 6.15. The molecule has 3 N–H and O–H groups in total. The van der Waals surface area contributed by atoms with Gasteiger partial charge in [-0.2, -0.15) is 0 Å². The van der Waals surface area contributed by atoms with E-state index in [4.69, 9.17) is 5.73 Å². The number of aryl methyl sites for hydroxylation is 1. The van der Waals surface area contributed by atoms with E-state index < -0.39 is 0 Å². The number of thiazole rings is 1. The van der Waals surface area contributed by atoms with Crippen LogP contribution in [0.3, 0.4) is 0 Å². The van der Waals surface area contributed by atoms with Crippen molar-refractivity contribution < 1.29 is 4.79 Å². The molecule has 1 aliphatic rings. The lowest BCUT2D eigenvalue weighted by molar-refractivity contribution is -0.121. The van der Waals surface area contributed by atoms with Gasteiger partial charge in [-0.25, -0.2) is 4.98 Å². The summed E-state index contributed by atoms with van der Waals surface area (Å²) in [6, 6.07) is 0.386. The minimum atomic E-state index is 0.113. The third-order valence-electron chi connectivity index (χ3n) is 3.51. The number of rotatable bonds is 6. The van der Waals surface area contributed by atoms with Crippen LogP contribution in [0.2, 0.25) is 0 Å². The van der Waals surface area contributed by atoms with Crippen LogP contribution in [0.5, 0.6) is 0 Å². The molecule has 0 spiro atoms. The van der Waals surface area contributed by atoms with E-state index in [0.717, 1.165) is 36.4 Å². The summed E-state index contributed by atoms with van der Waals surface area (Å²) in [5.74, 6) is 0.113. The molecular formula is C14H23N3OS. The first kappa shape index (κ1) is 14.5. The molecule has 0 saturated heterocycles. The molecule has 5 heteroatoms. The average Bonchev–Trinajstić information content (AvgIpc) is 2.85. The zero-order valence-electron chi connectivity index (χ0n) is 11.4. The normalized spacial score (nSPS) is 16.5. The third-order valence-corrected chi connectivity index (χ3v) is 4.46. The molecule has 4 nitrogen and oxygen atoms in total. The Kier molecular flexibility index (Phi) is 5.79. The molecule has 1 aromatic rings. The zero-order chi connectivity index (χ0) is 13.5. The molecule has 1 heterocycles. The fraction of sp³-hybridized carbons (Fsp3) is 0.714. The topological polar surface area (TPSA) is 68.0 Å². The van der Waals surface area contributed by atoms with Crippen LogP contribution in [-0.4, -0.2) is 23.5 Å². The summed E-state index contributed by atoms with van der Waals surface area (Å²) in [6.07, 6.45) is 8.34. The standard InChI is InChI=1S/C14H23N3OS/c15-8-4-7-14-17-12(10-19-14)9-13(18)16-11-5-2-1-3-6-11/h10-11H,1-9,15H2,(H,16,18). The van der Waals surface area contributed by atoms with Crippen molar-refractivity contribution in [2.45, 2.75) is 57.4 Å². The number of carbonyl (C=O) groups excluding carboxylic acids is 1. The second-order valence-electron chi connectivity index (χ2n) is 5.20. The van der Waals surface area contributed by atoms with E-state index in [9.17, 15) is 4.79 Å². The molecule has 0 aromatic carbocycles. The van der Waals surface area contributed by atoms with Crippen molar-refractivity contribution in [3.63, 3.8) is 0 Å². The van der Waals surface area contributed by atoms with Crippen molar-refractivity contribution in [1.29, 1.82) is 0 Å².